The normalized spacial score (nSPS) is 23.1. The summed E-state index contributed by atoms with van der Waals surface area (Å²) < 4.78 is 0. The molecule has 0 aliphatic carbocycles. The Balaban J connectivity index is 0.000000164. The molecule has 0 spiro atoms. The molecule has 0 bridgehead atoms. The molecule has 0 radical (unpaired) electrons. The third-order valence-corrected chi connectivity index (χ3v) is 25.4. The summed E-state index contributed by atoms with van der Waals surface area (Å²) in [5.74, 6) is 3.21. The average molecular weight is 1460 g/mol. The van der Waals surface area contributed by atoms with Crippen molar-refractivity contribution in [1.82, 2.24) is 54.3 Å². The van der Waals surface area contributed by atoms with Crippen LogP contribution in [-0.2, 0) is 14.4 Å². The third kappa shape index (κ3) is 23.0. The van der Waals surface area contributed by atoms with Gasteiger partial charge in [0.2, 0.25) is 17.7 Å². The van der Waals surface area contributed by atoms with Gasteiger partial charge in [0.15, 0.2) is 0 Å². The second kappa shape index (κ2) is 39.2. The maximum Gasteiger partial charge on any atom is 0.236 e. The van der Waals surface area contributed by atoms with Crippen LogP contribution in [0.3, 0.4) is 0 Å². The van der Waals surface area contributed by atoms with Gasteiger partial charge in [-0.2, -0.15) is 0 Å². The van der Waals surface area contributed by atoms with Crippen LogP contribution < -0.4 is 5.32 Å². The van der Waals surface area contributed by atoms with Crippen LogP contribution in [-0.4, -0.2) is 240 Å². The SMILES string of the molecule is CC(=O)N(C)CCN1CCC(c2ccccc2[C@H]2CCCN2C(C)(C)C)CC1.CC(C)(C)N1CCC[C@@H]1c1ccccc1C1CCN(CCO)CC1.CN(C)C(=O)CN1CCC(c2ccccc2[C@H]2CCCN2C(C)(C)C)CC1.CNCCC(=O)N1CCC(c2ccccc2[C@H]2CCCN2C(C)(C)C)CC1. The lowest BCUT2D eigenvalue weighted by molar-refractivity contribution is -0.132. The smallest absolute Gasteiger partial charge is 0.236 e. The van der Waals surface area contributed by atoms with Crippen LogP contribution in [0, 0.1) is 0 Å². The molecule has 8 fully saturated rings. The van der Waals surface area contributed by atoms with Crippen LogP contribution in [0.2, 0.25) is 0 Å². The number of piperidine rings is 4. The number of nitrogens with zero attached hydrogens (tertiary/aromatic N) is 10. The average Bonchev–Trinajstić information content (AvgIpc) is 1.53. The van der Waals surface area contributed by atoms with Gasteiger partial charge in [-0.3, -0.25) is 38.9 Å². The zero-order chi connectivity index (χ0) is 76.5. The van der Waals surface area contributed by atoms with Crippen LogP contribution in [0.4, 0.5) is 0 Å². The second-order valence-corrected chi connectivity index (χ2v) is 36.8. The number of amides is 3. The minimum absolute atomic E-state index is 0.156. The predicted octanol–water partition coefficient (Wildman–Crippen LogP) is 15.9. The van der Waals surface area contributed by atoms with E-state index in [2.05, 4.69) is 225 Å². The number of carbonyl (C=O) groups excluding carboxylic acids is 3. The number of carbonyl (C=O) groups is 3. The van der Waals surface area contributed by atoms with Crippen molar-refractivity contribution in [1.29, 1.82) is 0 Å². The Morgan fingerprint density at radius 1 is 0.406 bits per heavy atom. The molecule has 106 heavy (non-hydrogen) atoms. The van der Waals surface area contributed by atoms with Crippen molar-refractivity contribution < 1.29 is 19.5 Å². The van der Waals surface area contributed by atoms with Crippen LogP contribution in [0.25, 0.3) is 0 Å². The Kier molecular flexibility index (Phi) is 31.4. The molecular weight excluding hydrogens is 1310 g/mol. The lowest BCUT2D eigenvalue weighted by Gasteiger charge is -2.39. The van der Waals surface area contributed by atoms with E-state index >= 15 is 0 Å². The Hall–Kier alpha value is -5.07. The van der Waals surface area contributed by atoms with E-state index in [9.17, 15) is 14.4 Å². The van der Waals surface area contributed by atoms with Gasteiger partial charge in [-0.15, -0.1) is 0 Å². The highest BCUT2D eigenvalue weighted by Crippen LogP contribution is 2.47. The summed E-state index contributed by atoms with van der Waals surface area (Å²) in [4.78, 5) is 59.3. The highest BCUT2D eigenvalue weighted by molar-refractivity contribution is 5.77. The number of benzene rings is 4. The lowest BCUT2D eigenvalue weighted by Crippen LogP contribution is -2.42. The van der Waals surface area contributed by atoms with E-state index in [1.54, 1.807) is 45.2 Å². The molecule has 0 saturated carbocycles. The molecule has 0 aromatic heterocycles. The van der Waals surface area contributed by atoms with Crippen molar-refractivity contribution in [3.05, 3.63) is 142 Å². The molecule has 590 valence electrons. The van der Waals surface area contributed by atoms with Gasteiger partial charge in [0, 0.05) is 120 Å². The van der Waals surface area contributed by atoms with Crippen molar-refractivity contribution in [3.63, 3.8) is 0 Å². The fourth-order valence-corrected chi connectivity index (χ4v) is 19.4. The minimum Gasteiger partial charge on any atom is -0.395 e. The molecule has 3 amide bonds. The van der Waals surface area contributed by atoms with Gasteiger partial charge in [-0.25, -0.2) is 0 Å². The van der Waals surface area contributed by atoms with Gasteiger partial charge < -0.3 is 34.9 Å². The number of likely N-dealkylation sites (N-methyl/N-ethyl adjacent to an activating group) is 2. The summed E-state index contributed by atoms with van der Waals surface area (Å²) in [6, 6.07) is 38.9. The number of hydrogen-bond donors (Lipinski definition) is 2. The highest BCUT2D eigenvalue weighted by Gasteiger charge is 2.41. The summed E-state index contributed by atoms with van der Waals surface area (Å²) in [6.07, 6.45) is 20.3. The van der Waals surface area contributed by atoms with Gasteiger partial charge in [0.1, 0.15) is 0 Å². The van der Waals surface area contributed by atoms with Crippen molar-refractivity contribution in [2.75, 3.05) is 146 Å². The van der Waals surface area contributed by atoms with Gasteiger partial charge in [0.25, 0.3) is 0 Å². The zero-order valence-electron chi connectivity index (χ0n) is 69.7. The van der Waals surface area contributed by atoms with E-state index in [1.165, 1.54) is 114 Å². The van der Waals surface area contributed by atoms with Crippen LogP contribution in [0.15, 0.2) is 97.1 Å². The highest BCUT2D eigenvalue weighted by atomic mass is 16.3. The Morgan fingerprint density at radius 2 is 0.689 bits per heavy atom. The van der Waals surface area contributed by atoms with E-state index in [0.717, 1.165) is 104 Å². The first-order valence-corrected chi connectivity index (χ1v) is 42.0. The van der Waals surface area contributed by atoms with E-state index in [1.807, 2.05) is 33.1 Å². The van der Waals surface area contributed by atoms with Crippen molar-refractivity contribution in [2.45, 2.75) is 269 Å². The first-order chi connectivity index (χ1) is 50.5. The fraction of sp³-hybridized carbons (Fsp3) is 0.703. The van der Waals surface area contributed by atoms with E-state index in [-0.39, 0.29) is 40.6 Å². The number of aliphatic hydroxyl groups is 1. The Morgan fingerprint density at radius 3 is 0.962 bits per heavy atom. The van der Waals surface area contributed by atoms with E-state index < -0.39 is 0 Å². The number of nitrogens with one attached hydrogen (secondary N) is 1. The maximum absolute atomic E-state index is 12.3. The number of hydrogen-bond acceptors (Lipinski definition) is 12. The van der Waals surface area contributed by atoms with Crippen molar-refractivity contribution in [3.8, 4) is 0 Å². The van der Waals surface area contributed by atoms with Crippen LogP contribution in [0.5, 0.6) is 0 Å². The van der Waals surface area contributed by atoms with Crippen molar-refractivity contribution >= 4 is 17.7 Å². The van der Waals surface area contributed by atoms with Crippen LogP contribution in [0.1, 0.15) is 292 Å². The number of aliphatic hydroxyl groups excluding tert-OH is 1. The quantitative estimate of drug-likeness (QED) is 0.0988. The molecule has 8 aliphatic rings. The number of likely N-dealkylation sites (tertiary alicyclic amines) is 8. The molecule has 0 unspecified atom stereocenters. The van der Waals surface area contributed by atoms with Gasteiger partial charge in [0.05, 0.1) is 13.2 Å². The monoisotopic (exact) mass is 1460 g/mol. The second-order valence-electron chi connectivity index (χ2n) is 36.8. The van der Waals surface area contributed by atoms with E-state index in [4.69, 9.17) is 5.11 Å². The summed E-state index contributed by atoms with van der Waals surface area (Å²) in [5.41, 5.74) is 13.4. The van der Waals surface area contributed by atoms with Crippen molar-refractivity contribution in [2.24, 2.45) is 0 Å². The summed E-state index contributed by atoms with van der Waals surface area (Å²) in [5, 5.41) is 12.2. The van der Waals surface area contributed by atoms with Gasteiger partial charge >= 0.3 is 0 Å². The predicted molar refractivity (Wildman–Crippen MR) is 441 cm³/mol. The topological polar surface area (TPSA) is 116 Å². The molecule has 8 heterocycles. The van der Waals surface area contributed by atoms with Gasteiger partial charge in [-0.05, 0) is 326 Å². The maximum atomic E-state index is 12.3. The molecule has 4 aromatic carbocycles. The van der Waals surface area contributed by atoms with Gasteiger partial charge in [-0.1, -0.05) is 97.1 Å². The molecule has 15 nitrogen and oxygen atoms in total. The largest absolute Gasteiger partial charge is 0.395 e. The Labute approximate surface area is 644 Å². The molecular formula is C91H147N11O4. The van der Waals surface area contributed by atoms with Crippen LogP contribution >= 0.6 is 0 Å². The zero-order valence-corrected chi connectivity index (χ0v) is 69.7. The molecule has 4 aromatic rings. The Bertz CT molecular complexity index is 3330. The molecule has 4 atom stereocenters. The summed E-state index contributed by atoms with van der Waals surface area (Å²) >= 11 is 0. The third-order valence-electron chi connectivity index (χ3n) is 25.4. The lowest BCUT2D eigenvalue weighted by atomic mass is 9.83. The standard InChI is InChI=1S/C24H39N3O.2C23H37N3O.C21H34N2O/c1-19(28)25(5)17-18-26-15-12-20(13-16-26)21-9-6-7-10-22(21)23-11-8-14-27(23)24(2,3)4;1-23(2,3)26-14-8-11-21(26)20-10-7-6-9-19(20)18-12-15-25(16-13-18)17-22(27)24(4)5;1-23(2,3)26-15-7-10-21(26)20-9-6-5-8-19(20)18-12-16-25(17-13-18)22(27)11-14-24-4;1-21(2,3)23-12-6-9-20(23)19-8-5-4-7-18(19)17-10-13-22(14-11-17)15-16-24/h6-7,9-10,20,23H,8,11-18H2,1-5H3;6-7,9-10,18,21H,8,11-17H2,1-5H3;5-6,8-9,18,21,24H,7,10-17H2,1-4H3;4-5,7-8,17,20,24H,6,9-16H2,1-3H3/t23-;2*21-;20-/m1111/s1. The minimum atomic E-state index is 0.156. The first-order valence-electron chi connectivity index (χ1n) is 42.0. The molecule has 15 heteroatoms. The molecule has 12 rings (SSSR count). The molecule has 8 saturated heterocycles. The number of β-amino-alcohol motifs (C(OH)–C–C–N with tert-alkyl or cyclic N) is 1. The first kappa shape index (κ1) is 84.9. The number of rotatable bonds is 18. The summed E-state index contributed by atoms with van der Waals surface area (Å²) in [7, 11) is 7.48. The molecule has 8 aliphatic heterocycles. The summed E-state index contributed by atoms with van der Waals surface area (Å²) in [6.45, 7) is 47.2. The molecule has 2 N–H and O–H groups in total. The fourth-order valence-electron chi connectivity index (χ4n) is 19.4. The van der Waals surface area contributed by atoms with E-state index in [0.29, 0.717) is 66.7 Å².